The summed E-state index contributed by atoms with van der Waals surface area (Å²) in [6.07, 6.45) is 0. The summed E-state index contributed by atoms with van der Waals surface area (Å²) < 4.78 is 13.2. The number of rotatable bonds is 6. The van der Waals surface area contributed by atoms with Crippen LogP contribution in [0.15, 0.2) is 209 Å². The molecular formula is C57H39NO2. The summed E-state index contributed by atoms with van der Waals surface area (Å²) in [6.45, 7) is 4.68. The van der Waals surface area contributed by atoms with Crippen LogP contribution >= 0.6 is 0 Å². The van der Waals surface area contributed by atoms with Crippen molar-refractivity contribution in [1.82, 2.24) is 0 Å². The number of hydrogen-bond acceptors (Lipinski definition) is 3. The lowest BCUT2D eigenvalue weighted by Gasteiger charge is -2.28. The SMILES string of the molecule is CC1(C)c2ccccc2-c2ccc(N(c3ccc(-c4ccc(-c5ccccc5)cc4)cc3)c3ccc4oc5cc6c(cc5c4c3)oc3cccc(-c4ccccc4)c36)cc21. The van der Waals surface area contributed by atoms with Gasteiger partial charge in [-0.3, -0.25) is 0 Å². The Morgan fingerprint density at radius 3 is 1.60 bits per heavy atom. The van der Waals surface area contributed by atoms with E-state index in [0.29, 0.717) is 0 Å². The standard InChI is InChI=1S/C57H39NO2/c1-57(2)50-18-10-9-16-45(50)46-30-28-43(33-51(46)57)58(41-26-24-39(25-27-41)38-22-20-37(21-23-38)36-12-5-3-6-13-36)42-29-31-52-47(32-42)48-34-55-49(35-54(48)59-52)56-44(17-11-19-53(56)60-55)40-14-7-4-8-15-40/h3-35H,1-2H3. The Labute approximate surface area is 348 Å². The molecule has 284 valence electrons. The molecule has 9 aromatic carbocycles. The topological polar surface area (TPSA) is 29.5 Å². The lowest BCUT2D eigenvalue weighted by molar-refractivity contribution is 0.660. The third kappa shape index (κ3) is 5.36. The van der Waals surface area contributed by atoms with E-state index in [1.54, 1.807) is 0 Å². The average molecular weight is 770 g/mol. The van der Waals surface area contributed by atoms with Gasteiger partial charge < -0.3 is 13.7 Å². The Morgan fingerprint density at radius 2 is 0.850 bits per heavy atom. The molecule has 3 nitrogen and oxygen atoms in total. The highest BCUT2D eigenvalue weighted by Gasteiger charge is 2.35. The number of benzene rings is 9. The number of nitrogens with zero attached hydrogens (tertiary/aromatic N) is 1. The van der Waals surface area contributed by atoms with E-state index in [1.807, 2.05) is 0 Å². The fourth-order valence-electron chi connectivity index (χ4n) is 9.65. The van der Waals surface area contributed by atoms with Gasteiger partial charge >= 0.3 is 0 Å². The maximum Gasteiger partial charge on any atom is 0.136 e. The fraction of sp³-hybridized carbons (Fsp3) is 0.0526. The molecule has 12 rings (SSSR count). The molecule has 3 heteroatoms. The second-order valence-electron chi connectivity index (χ2n) is 16.5. The zero-order chi connectivity index (χ0) is 40.0. The molecule has 0 fully saturated rings. The molecule has 0 radical (unpaired) electrons. The van der Waals surface area contributed by atoms with Gasteiger partial charge in [0.15, 0.2) is 0 Å². The number of anilines is 3. The zero-order valence-electron chi connectivity index (χ0n) is 33.3. The molecule has 11 aromatic rings. The van der Waals surface area contributed by atoms with Crippen molar-refractivity contribution >= 4 is 60.9 Å². The van der Waals surface area contributed by atoms with Crippen LogP contribution in [-0.4, -0.2) is 0 Å². The van der Waals surface area contributed by atoms with E-state index in [2.05, 4.69) is 219 Å². The normalized spacial score (nSPS) is 13.0. The molecule has 0 saturated heterocycles. The van der Waals surface area contributed by atoms with Crippen LogP contribution in [-0.2, 0) is 5.41 Å². The summed E-state index contributed by atoms with van der Waals surface area (Å²) in [6, 6.07) is 71.8. The molecule has 0 saturated carbocycles. The van der Waals surface area contributed by atoms with E-state index >= 15 is 0 Å². The lowest BCUT2D eigenvalue weighted by Crippen LogP contribution is -2.16. The summed E-state index contributed by atoms with van der Waals surface area (Å²) in [5.41, 5.74) is 18.9. The molecule has 1 aliphatic rings. The predicted molar refractivity (Wildman–Crippen MR) is 250 cm³/mol. The van der Waals surface area contributed by atoms with Crippen LogP contribution in [0.4, 0.5) is 17.1 Å². The van der Waals surface area contributed by atoms with Crippen LogP contribution in [0.5, 0.6) is 0 Å². The van der Waals surface area contributed by atoms with E-state index in [4.69, 9.17) is 8.83 Å². The van der Waals surface area contributed by atoms with Crippen molar-refractivity contribution in [3.63, 3.8) is 0 Å². The highest BCUT2D eigenvalue weighted by Crippen LogP contribution is 2.51. The van der Waals surface area contributed by atoms with Gasteiger partial charge in [0.25, 0.3) is 0 Å². The molecule has 0 aliphatic heterocycles. The molecule has 1 aliphatic carbocycles. The molecular weight excluding hydrogens is 731 g/mol. The van der Waals surface area contributed by atoms with Gasteiger partial charge in [-0.05, 0) is 116 Å². The molecule has 0 spiro atoms. The van der Waals surface area contributed by atoms with Gasteiger partial charge in [-0.2, -0.15) is 0 Å². The zero-order valence-corrected chi connectivity index (χ0v) is 33.3. The third-order valence-electron chi connectivity index (χ3n) is 12.7. The Morgan fingerprint density at radius 1 is 0.333 bits per heavy atom. The van der Waals surface area contributed by atoms with E-state index < -0.39 is 0 Å². The highest BCUT2D eigenvalue weighted by molar-refractivity contribution is 6.18. The van der Waals surface area contributed by atoms with Crippen LogP contribution in [0.25, 0.3) is 88.4 Å². The highest BCUT2D eigenvalue weighted by atomic mass is 16.3. The van der Waals surface area contributed by atoms with E-state index in [9.17, 15) is 0 Å². The van der Waals surface area contributed by atoms with Crippen molar-refractivity contribution in [3.05, 3.63) is 211 Å². The first-order valence-electron chi connectivity index (χ1n) is 20.7. The predicted octanol–water partition coefficient (Wildman–Crippen LogP) is 16.3. The van der Waals surface area contributed by atoms with Gasteiger partial charge in [-0.25, -0.2) is 0 Å². The summed E-state index contributed by atoms with van der Waals surface area (Å²) in [5.74, 6) is 0. The first kappa shape index (κ1) is 34.4. The third-order valence-corrected chi connectivity index (χ3v) is 12.7. The monoisotopic (exact) mass is 769 g/mol. The summed E-state index contributed by atoms with van der Waals surface area (Å²) in [4.78, 5) is 2.38. The quantitative estimate of drug-likeness (QED) is 0.169. The molecule has 60 heavy (non-hydrogen) atoms. The minimum absolute atomic E-state index is 0.133. The first-order chi connectivity index (χ1) is 29.5. The van der Waals surface area contributed by atoms with Gasteiger partial charge in [0.1, 0.15) is 22.3 Å². The van der Waals surface area contributed by atoms with E-state index in [-0.39, 0.29) is 5.41 Å². The van der Waals surface area contributed by atoms with Gasteiger partial charge in [-0.1, -0.05) is 153 Å². The lowest BCUT2D eigenvalue weighted by atomic mass is 9.82. The molecule has 0 N–H and O–H groups in total. The second kappa shape index (κ2) is 13.2. The molecule has 2 heterocycles. The van der Waals surface area contributed by atoms with E-state index in [0.717, 1.165) is 72.1 Å². The molecule has 0 atom stereocenters. The van der Waals surface area contributed by atoms with Crippen LogP contribution in [0.3, 0.4) is 0 Å². The van der Waals surface area contributed by atoms with Crippen molar-refractivity contribution in [2.24, 2.45) is 0 Å². The smallest absolute Gasteiger partial charge is 0.136 e. The fourth-order valence-corrected chi connectivity index (χ4v) is 9.65. The van der Waals surface area contributed by atoms with Gasteiger partial charge in [0.05, 0.1) is 0 Å². The van der Waals surface area contributed by atoms with Gasteiger partial charge in [0, 0.05) is 44.0 Å². The van der Waals surface area contributed by atoms with Crippen molar-refractivity contribution in [1.29, 1.82) is 0 Å². The van der Waals surface area contributed by atoms with Crippen LogP contribution in [0.1, 0.15) is 25.0 Å². The molecule has 0 unspecified atom stereocenters. The molecule has 0 bridgehead atoms. The van der Waals surface area contributed by atoms with Crippen LogP contribution in [0, 0.1) is 0 Å². The summed E-state index contributed by atoms with van der Waals surface area (Å²) >= 11 is 0. The number of furan rings is 2. The molecule has 0 amide bonds. The van der Waals surface area contributed by atoms with Gasteiger partial charge in [-0.15, -0.1) is 0 Å². The molecule has 2 aromatic heterocycles. The van der Waals surface area contributed by atoms with Crippen LogP contribution < -0.4 is 4.90 Å². The largest absolute Gasteiger partial charge is 0.456 e. The van der Waals surface area contributed by atoms with Crippen molar-refractivity contribution in [3.8, 4) is 44.5 Å². The Hall–Kier alpha value is -7.62. The minimum Gasteiger partial charge on any atom is -0.456 e. The van der Waals surface area contributed by atoms with Gasteiger partial charge in [0.2, 0.25) is 0 Å². The summed E-state index contributed by atoms with van der Waals surface area (Å²) in [7, 11) is 0. The minimum atomic E-state index is -0.133. The van der Waals surface area contributed by atoms with Crippen molar-refractivity contribution in [2.45, 2.75) is 19.3 Å². The van der Waals surface area contributed by atoms with Crippen molar-refractivity contribution < 1.29 is 8.83 Å². The van der Waals surface area contributed by atoms with Crippen LogP contribution in [0.2, 0.25) is 0 Å². The summed E-state index contributed by atoms with van der Waals surface area (Å²) in [5, 5.41) is 4.22. The van der Waals surface area contributed by atoms with E-state index in [1.165, 1.54) is 44.5 Å². The number of fused-ring (bicyclic) bond motifs is 9. The maximum absolute atomic E-state index is 6.64. The second-order valence-corrected chi connectivity index (χ2v) is 16.5. The Balaban J connectivity index is 0.992. The van der Waals surface area contributed by atoms with Crippen molar-refractivity contribution in [2.75, 3.05) is 4.90 Å². The average Bonchev–Trinajstić information content (AvgIpc) is 3.93. The Bertz CT molecular complexity index is 3430. The Kier molecular flexibility index (Phi) is 7.58. The first-order valence-corrected chi connectivity index (χ1v) is 20.7. The number of hydrogen-bond donors (Lipinski definition) is 0. The maximum atomic E-state index is 6.64.